The van der Waals surface area contributed by atoms with Gasteiger partial charge in [-0.3, -0.25) is 4.79 Å². The van der Waals surface area contributed by atoms with E-state index >= 15 is 0 Å². The van der Waals surface area contributed by atoms with Crippen LogP contribution in [-0.4, -0.2) is 25.5 Å². The molecule has 1 amide bonds. The van der Waals surface area contributed by atoms with Crippen molar-refractivity contribution in [3.05, 3.63) is 89.0 Å². The second-order valence-electron chi connectivity index (χ2n) is 6.88. The van der Waals surface area contributed by atoms with Crippen LogP contribution in [0, 0.1) is 20.8 Å². The molecular weight excluding hydrogens is 350 g/mol. The summed E-state index contributed by atoms with van der Waals surface area (Å²) < 4.78 is 1.71. The van der Waals surface area contributed by atoms with Crippen LogP contribution < -0.4 is 4.90 Å². The molecule has 6 nitrogen and oxygen atoms in total. The topological polar surface area (TPSA) is 63.4 Å². The molecule has 0 radical (unpaired) electrons. The first-order chi connectivity index (χ1) is 13.5. The highest BCUT2D eigenvalue weighted by Gasteiger charge is 2.21. The third-order valence-corrected chi connectivity index (χ3v) is 4.54. The minimum atomic E-state index is -0.0883. The Morgan fingerprint density at radius 1 is 0.964 bits per heavy atom. The van der Waals surface area contributed by atoms with Gasteiger partial charge in [-0.05, 0) is 51.1 Å². The molecule has 6 heteroatoms. The van der Waals surface area contributed by atoms with Crippen LogP contribution in [0.1, 0.15) is 33.1 Å². The molecule has 0 aliphatic heterocycles. The summed E-state index contributed by atoms with van der Waals surface area (Å²) in [5.74, 6) is 1.00. The first kappa shape index (κ1) is 17.9. The van der Waals surface area contributed by atoms with E-state index in [4.69, 9.17) is 0 Å². The van der Waals surface area contributed by atoms with Gasteiger partial charge in [-0.25, -0.2) is 9.50 Å². The first-order valence-electron chi connectivity index (χ1n) is 9.15. The predicted octanol–water partition coefficient (Wildman–Crippen LogP) is 3.90. The summed E-state index contributed by atoms with van der Waals surface area (Å²) in [5.41, 5.74) is 4.32. The number of hydrogen-bond donors (Lipinski definition) is 0. The van der Waals surface area contributed by atoms with Gasteiger partial charge in [0, 0.05) is 22.6 Å². The van der Waals surface area contributed by atoms with Crippen LogP contribution in [0.15, 0.2) is 60.7 Å². The van der Waals surface area contributed by atoms with Gasteiger partial charge in [-0.15, -0.1) is 5.10 Å². The molecule has 2 aromatic heterocycles. The molecule has 0 bridgehead atoms. The Kier molecular flexibility index (Phi) is 4.61. The van der Waals surface area contributed by atoms with Gasteiger partial charge in [0.05, 0.1) is 6.54 Å². The molecule has 0 fully saturated rings. The van der Waals surface area contributed by atoms with Crippen molar-refractivity contribution in [3.63, 3.8) is 0 Å². The molecule has 0 atom stereocenters. The summed E-state index contributed by atoms with van der Waals surface area (Å²) in [6, 6.07) is 19.1. The van der Waals surface area contributed by atoms with E-state index in [1.54, 1.807) is 9.42 Å². The van der Waals surface area contributed by atoms with Crippen LogP contribution in [0.2, 0.25) is 0 Å². The van der Waals surface area contributed by atoms with Gasteiger partial charge in [0.1, 0.15) is 0 Å². The summed E-state index contributed by atoms with van der Waals surface area (Å²) in [7, 11) is 0. The number of carbonyl (C=O) groups is 1. The third-order valence-electron chi connectivity index (χ3n) is 4.54. The Bertz CT molecular complexity index is 1150. The van der Waals surface area contributed by atoms with Crippen molar-refractivity contribution in [3.8, 4) is 0 Å². The molecule has 28 heavy (non-hydrogen) atoms. The third kappa shape index (κ3) is 3.49. The van der Waals surface area contributed by atoms with Crippen molar-refractivity contribution in [2.24, 2.45) is 0 Å². The Labute approximate surface area is 163 Å². The van der Waals surface area contributed by atoms with Crippen LogP contribution >= 0.6 is 0 Å². The van der Waals surface area contributed by atoms with Gasteiger partial charge in [-0.1, -0.05) is 35.9 Å². The maximum absolute atomic E-state index is 13.3. The number of rotatable bonds is 4. The lowest BCUT2D eigenvalue weighted by Crippen LogP contribution is -2.31. The Hall–Kier alpha value is -3.54. The molecule has 4 rings (SSSR count). The van der Waals surface area contributed by atoms with Crippen molar-refractivity contribution in [1.29, 1.82) is 0 Å². The second kappa shape index (κ2) is 7.23. The average Bonchev–Trinajstić information content (AvgIpc) is 3.09. The molecule has 0 aliphatic carbocycles. The lowest BCUT2D eigenvalue weighted by Gasteiger charge is -2.21. The highest BCUT2D eigenvalue weighted by molar-refractivity contribution is 6.06. The fourth-order valence-electron chi connectivity index (χ4n) is 3.24. The van der Waals surface area contributed by atoms with Crippen molar-refractivity contribution in [2.75, 3.05) is 4.90 Å². The van der Waals surface area contributed by atoms with E-state index in [1.165, 1.54) is 0 Å². The summed E-state index contributed by atoms with van der Waals surface area (Å²) in [5, 5.41) is 4.56. The smallest absolute Gasteiger partial charge is 0.258 e. The summed E-state index contributed by atoms with van der Waals surface area (Å²) in [6.07, 6.45) is 0. The number of para-hydroxylation sites is 1. The quantitative estimate of drug-likeness (QED) is 0.546. The molecule has 2 aromatic carbocycles. The second-order valence-corrected chi connectivity index (χ2v) is 6.88. The van der Waals surface area contributed by atoms with Gasteiger partial charge in [-0.2, -0.15) is 4.98 Å². The van der Waals surface area contributed by atoms with Gasteiger partial charge in [0.25, 0.3) is 11.7 Å². The fourth-order valence-corrected chi connectivity index (χ4v) is 3.24. The summed E-state index contributed by atoms with van der Waals surface area (Å²) >= 11 is 0. The van der Waals surface area contributed by atoms with Crippen molar-refractivity contribution in [1.82, 2.24) is 19.6 Å². The molecule has 0 N–H and O–H groups in total. The molecule has 140 valence electrons. The van der Waals surface area contributed by atoms with Crippen LogP contribution in [0.3, 0.4) is 0 Å². The lowest BCUT2D eigenvalue weighted by molar-refractivity contribution is 0.0984. The molecule has 0 saturated heterocycles. The van der Waals surface area contributed by atoms with E-state index < -0.39 is 0 Å². The number of anilines is 1. The van der Waals surface area contributed by atoms with E-state index in [9.17, 15) is 4.79 Å². The summed E-state index contributed by atoms with van der Waals surface area (Å²) in [4.78, 5) is 24.0. The zero-order valence-corrected chi connectivity index (χ0v) is 16.1. The SMILES string of the molecule is Cc1cccc(C(=O)N(Cc2nc3nc(C)cc(C)n3n2)c2ccccc2)c1. The van der Waals surface area contributed by atoms with E-state index in [0.29, 0.717) is 17.2 Å². The van der Waals surface area contributed by atoms with Gasteiger partial charge in [0.2, 0.25) is 0 Å². The van der Waals surface area contributed by atoms with Crippen molar-refractivity contribution >= 4 is 17.4 Å². The van der Waals surface area contributed by atoms with Gasteiger partial charge in [0.15, 0.2) is 5.82 Å². The standard InChI is InChI=1S/C22H21N5O/c1-15-8-7-9-18(12-15)21(28)26(19-10-5-4-6-11-19)14-20-24-22-23-16(2)13-17(3)27(22)25-20/h4-13H,14H2,1-3H3. The molecule has 4 aromatic rings. The number of aromatic nitrogens is 4. The Morgan fingerprint density at radius 2 is 1.75 bits per heavy atom. The largest absolute Gasteiger partial charge is 0.301 e. The predicted molar refractivity (Wildman–Crippen MR) is 108 cm³/mol. The number of fused-ring (bicyclic) bond motifs is 1. The monoisotopic (exact) mass is 371 g/mol. The molecule has 0 spiro atoms. The maximum atomic E-state index is 13.3. The number of benzene rings is 2. The summed E-state index contributed by atoms with van der Waals surface area (Å²) in [6.45, 7) is 6.13. The molecular formula is C22H21N5O. The first-order valence-corrected chi connectivity index (χ1v) is 9.15. The van der Waals surface area contributed by atoms with E-state index in [1.807, 2.05) is 81.4 Å². The number of nitrogens with zero attached hydrogens (tertiary/aromatic N) is 5. The number of carbonyl (C=O) groups excluding carboxylic acids is 1. The number of hydrogen-bond acceptors (Lipinski definition) is 4. The highest BCUT2D eigenvalue weighted by atomic mass is 16.2. The minimum absolute atomic E-state index is 0.0883. The van der Waals surface area contributed by atoms with Crippen LogP contribution in [-0.2, 0) is 6.54 Å². The average molecular weight is 371 g/mol. The van der Waals surface area contributed by atoms with Crippen LogP contribution in [0.25, 0.3) is 5.78 Å². The Balaban J connectivity index is 1.74. The van der Waals surface area contributed by atoms with E-state index in [0.717, 1.165) is 22.6 Å². The zero-order valence-electron chi connectivity index (χ0n) is 16.1. The van der Waals surface area contributed by atoms with Crippen LogP contribution in [0.5, 0.6) is 0 Å². The molecule has 0 saturated carbocycles. The fraction of sp³-hybridized carbons (Fsp3) is 0.182. The zero-order chi connectivity index (χ0) is 19.7. The van der Waals surface area contributed by atoms with E-state index in [-0.39, 0.29) is 12.5 Å². The number of amides is 1. The van der Waals surface area contributed by atoms with Crippen molar-refractivity contribution < 1.29 is 4.79 Å². The minimum Gasteiger partial charge on any atom is -0.301 e. The van der Waals surface area contributed by atoms with Crippen molar-refractivity contribution in [2.45, 2.75) is 27.3 Å². The van der Waals surface area contributed by atoms with Gasteiger partial charge < -0.3 is 4.90 Å². The molecule has 0 aliphatic rings. The highest BCUT2D eigenvalue weighted by Crippen LogP contribution is 2.20. The Morgan fingerprint density at radius 3 is 2.50 bits per heavy atom. The maximum Gasteiger partial charge on any atom is 0.258 e. The molecule has 2 heterocycles. The normalized spacial score (nSPS) is 11.0. The molecule has 0 unspecified atom stereocenters. The lowest BCUT2D eigenvalue weighted by atomic mass is 10.1. The number of aryl methyl sites for hydroxylation is 3. The van der Waals surface area contributed by atoms with E-state index in [2.05, 4.69) is 15.1 Å². The van der Waals surface area contributed by atoms with Crippen LogP contribution in [0.4, 0.5) is 5.69 Å². The van der Waals surface area contributed by atoms with Gasteiger partial charge >= 0.3 is 0 Å².